The van der Waals surface area contributed by atoms with E-state index < -0.39 is 0 Å². The monoisotopic (exact) mass is 474 g/mol. The summed E-state index contributed by atoms with van der Waals surface area (Å²) in [6.07, 6.45) is 5.60. The van der Waals surface area contributed by atoms with Gasteiger partial charge in [-0.2, -0.15) is 0 Å². The van der Waals surface area contributed by atoms with Crippen LogP contribution in [0.3, 0.4) is 0 Å². The minimum atomic E-state index is 0.0426. The van der Waals surface area contributed by atoms with Crippen molar-refractivity contribution in [3.8, 4) is 23.1 Å². The van der Waals surface area contributed by atoms with Crippen LogP contribution in [0.1, 0.15) is 30.0 Å². The second-order valence-corrected chi connectivity index (χ2v) is 8.79. The summed E-state index contributed by atoms with van der Waals surface area (Å²) in [5.41, 5.74) is 5.12. The Kier molecular flexibility index (Phi) is 6.96. The number of hydrogen-bond acceptors (Lipinski definition) is 5. The second kappa shape index (κ2) is 10.4. The van der Waals surface area contributed by atoms with Gasteiger partial charge in [0.25, 0.3) is 0 Å². The minimum Gasteiger partial charge on any atom is -0.464 e. The number of ether oxygens (including phenoxy) is 1. The van der Waals surface area contributed by atoms with Gasteiger partial charge in [0.05, 0.1) is 49.3 Å². The smallest absolute Gasteiger partial charge is 0.139 e. The molecular formula is C27H27ClN4O2. The fourth-order valence-electron chi connectivity index (χ4n) is 4.82. The number of aromatic nitrogens is 3. The Bertz CT molecular complexity index is 1300. The number of likely N-dealkylation sites (tertiary alicyclic amines) is 1. The number of benzene rings is 2. The molecule has 34 heavy (non-hydrogen) atoms. The molecule has 2 aromatic heterocycles. The number of fused-ring (bicyclic) bond motifs is 1. The summed E-state index contributed by atoms with van der Waals surface area (Å²) in [5.74, 6) is 6.55. The van der Waals surface area contributed by atoms with E-state index in [0.717, 1.165) is 47.2 Å². The van der Waals surface area contributed by atoms with Gasteiger partial charge in [-0.25, -0.2) is 4.68 Å². The normalized spacial score (nSPS) is 18.6. The lowest BCUT2D eigenvalue weighted by atomic mass is 9.92. The molecule has 2 aromatic carbocycles. The van der Waals surface area contributed by atoms with Crippen LogP contribution in [-0.2, 0) is 18.4 Å². The first-order chi connectivity index (χ1) is 16.7. The summed E-state index contributed by atoms with van der Waals surface area (Å²) in [6.45, 7) is 2.12. The largest absolute Gasteiger partial charge is 0.464 e. The number of rotatable bonds is 6. The van der Waals surface area contributed by atoms with E-state index in [4.69, 9.17) is 20.8 Å². The summed E-state index contributed by atoms with van der Waals surface area (Å²) in [6, 6.07) is 16.9. The summed E-state index contributed by atoms with van der Waals surface area (Å²) < 4.78 is 14.2. The highest BCUT2D eigenvalue weighted by molar-refractivity contribution is 6.19. The molecule has 2 atom stereocenters. The summed E-state index contributed by atoms with van der Waals surface area (Å²) in [5, 5.41) is 9.15. The number of aryl methyl sites for hydroxylation is 1. The number of furan rings is 1. The minimum absolute atomic E-state index is 0.0426. The Morgan fingerprint density at radius 3 is 2.85 bits per heavy atom. The summed E-state index contributed by atoms with van der Waals surface area (Å²) in [4.78, 5) is 2.41. The maximum absolute atomic E-state index is 6.64. The highest BCUT2D eigenvalue weighted by atomic mass is 35.5. The molecule has 1 aliphatic heterocycles. The van der Waals surface area contributed by atoms with Gasteiger partial charge in [-0.15, -0.1) is 16.7 Å². The number of nitrogens with zero attached hydrogens (tertiary/aromatic N) is 4. The van der Waals surface area contributed by atoms with Gasteiger partial charge in [0.15, 0.2) is 0 Å². The lowest BCUT2D eigenvalue weighted by molar-refractivity contribution is -0.0483. The average Bonchev–Trinajstić information content (AvgIpc) is 3.52. The number of alkyl halides is 1. The SMILES string of the molecule is Cn1nncc1-c1cc(CO[C@H]2CCCN(CC#CCCl)[C@H]2c2ccccc2)c2occc2c1. The molecule has 0 unspecified atom stereocenters. The molecule has 1 saturated heterocycles. The molecule has 0 amide bonds. The molecule has 0 aliphatic carbocycles. The van der Waals surface area contributed by atoms with Crippen molar-refractivity contribution in [1.29, 1.82) is 0 Å². The zero-order valence-electron chi connectivity index (χ0n) is 19.2. The Balaban J connectivity index is 1.43. The lowest BCUT2D eigenvalue weighted by Gasteiger charge is -2.40. The molecule has 3 heterocycles. The highest BCUT2D eigenvalue weighted by Crippen LogP contribution is 2.35. The van der Waals surface area contributed by atoms with Gasteiger partial charge in [0.1, 0.15) is 5.58 Å². The molecule has 1 aliphatic rings. The van der Waals surface area contributed by atoms with Crippen LogP contribution in [0.2, 0.25) is 0 Å². The van der Waals surface area contributed by atoms with E-state index in [-0.39, 0.29) is 12.1 Å². The topological polar surface area (TPSA) is 56.3 Å². The molecule has 174 valence electrons. The molecule has 0 radical (unpaired) electrons. The standard InChI is InChI=1S/C27H27ClN4O2/c1-31-24(18-29-30-31)22-16-21-11-15-33-27(21)23(17-22)19-34-25-10-7-14-32(13-6-5-12-28)26(25)20-8-3-2-4-9-20/h2-4,8-9,11,15-18,25-26H,7,10,12-14,19H2,1H3/t25-,26-/m0/s1. The van der Waals surface area contributed by atoms with Crippen molar-refractivity contribution >= 4 is 22.6 Å². The molecule has 0 bridgehead atoms. The Morgan fingerprint density at radius 2 is 2.06 bits per heavy atom. The van der Waals surface area contributed by atoms with Crippen molar-refractivity contribution in [2.24, 2.45) is 7.05 Å². The summed E-state index contributed by atoms with van der Waals surface area (Å²) in [7, 11) is 1.90. The predicted octanol–water partition coefficient (Wildman–Crippen LogP) is 5.19. The molecule has 5 rings (SSSR count). The van der Waals surface area contributed by atoms with E-state index in [0.29, 0.717) is 19.0 Å². The van der Waals surface area contributed by atoms with Gasteiger partial charge in [-0.1, -0.05) is 47.4 Å². The molecule has 6 nitrogen and oxygen atoms in total. The van der Waals surface area contributed by atoms with E-state index in [2.05, 4.69) is 63.5 Å². The fraction of sp³-hybridized carbons (Fsp3) is 0.333. The quantitative estimate of drug-likeness (QED) is 0.284. The van der Waals surface area contributed by atoms with Crippen molar-refractivity contribution in [3.05, 3.63) is 72.1 Å². The second-order valence-electron chi connectivity index (χ2n) is 8.52. The van der Waals surface area contributed by atoms with Crippen LogP contribution in [0.25, 0.3) is 22.2 Å². The van der Waals surface area contributed by atoms with Crippen molar-refractivity contribution in [3.63, 3.8) is 0 Å². The third-order valence-electron chi connectivity index (χ3n) is 6.39. The summed E-state index contributed by atoms with van der Waals surface area (Å²) >= 11 is 5.78. The van der Waals surface area contributed by atoms with Gasteiger partial charge in [-0.05, 0) is 43.1 Å². The predicted molar refractivity (Wildman–Crippen MR) is 133 cm³/mol. The van der Waals surface area contributed by atoms with Crippen LogP contribution in [-0.4, -0.2) is 45.0 Å². The average molecular weight is 475 g/mol. The maximum atomic E-state index is 6.64. The van der Waals surface area contributed by atoms with Gasteiger partial charge < -0.3 is 9.15 Å². The van der Waals surface area contributed by atoms with E-state index in [1.54, 1.807) is 17.1 Å². The van der Waals surface area contributed by atoms with Crippen molar-refractivity contribution in [2.45, 2.75) is 31.6 Å². The van der Waals surface area contributed by atoms with Crippen molar-refractivity contribution in [2.75, 3.05) is 19.0 Å². The molecular weight excluding hydrogens is 448 g/mol. The van der Waals surface area contributed by atoms with Gasteiger partial charge in [0.2, 0.25) is 0 Å². The molecule has 7 heteroatoms. The zero-order chi connectivity index (χ0) is 23.3. The Labute approximate surface area is 204 Å². The van der Waals surface area contributed by atoms with Crippen molar-refractivity contribution < 1.29 is 9.15 Å². The first kappa shape index (κ1) is 22.7. The van der Waals surface area contributed by atoms with Gasteiger partial charge in [0, 0.05) is 23.6 Å². The van der Waals surface area contributed by atoms with Crippen LogP contribution >= 0.6 is 11.6 Å². The molecule has 1 fully saturated rings. The third-order valence-corrected chi connectivity index (χ3v) is 6.52. The van der Waals surface area contributed by atoms with E-state index in [9.17, 15) is 0 Å². The highest BCUT2D eigenvalue weighted by Gasteiger charge is 2.33. The molecule has 4 aromatic rings. The van der Waals surface area contributed by atoms with E-state index in [1.807, 2.05) is 19.2 Å². The molecule has 0 saturated carbocycles. The number of halogens is 1. The van der Waals surface area contributed by atoms with Crippen LogP contribution in [0.15, 0.2) is 65.4 Å². The van der Waals surface area contributed by atoms with Gasteiger partial charge >= 0.3 is 0 Å². The molecule has 0 spiro atoms. The van der Waals surface area contributed by atoms with Crippen LogP contribution in [0, 0.1) is 11.8 Å². The Hall–Kier alpha value is -3.11. The lowest BCUT2D eigenvalue weighted by Crippen LogP contribution is -2.43. The van der Waals surface area contributed by atoms with E-state index in [1.165, 1.54) is 5.56 Å². The Morgan fingerprint density at radius 1 is 1.18 bits per heavy atom. The van der Waals surface area contributed by atoms with Crippen molar-refractivity contribution in [1.82, 2.24) is 19.9 Å². The van der Waals surface area contributed by atoms with Crippen LogP contribution < -0.4 is 0 Å². The zero-order valence-corrected chi connectivity index (χ0v) is 19.9. The first-order valence-corrected chi connectivity index (χ1v) is 12.1. The first-order valence-electron chi connectivity index (χ1n) is 11.5. The number of hydrogen-bond donors (Lipinski definition) is 0. The van der Waals surface area contributed by atoms with Gasteiger partial charge in [-0.3, -0.25) is 4.90 Å². The van der Waals surface area contributed by atoms with Crippen LogP contribution in [0.4, 0.5) is 0 Å². The third kappa shape index (κ3) is 4.74. The van der Waals surface area contributed by atoms with Crippen LogP contribution in [0.5, 0.6) is 0 Å². The fourth-order valence-corrected chi connectivity index (χ4v) is 4.91. The maximum Gasteiger partial charge on any atom is 0.139 e. The van der Waals surface area contributed by atoms with E-state index >= 15 is 0 Å². The molecule has 0 N–H and O–H groups in total. The number of piperidine rings is 1.